The molecule has 0 aliphatic carbocycles. The van der Waals surface area contributed by atoms with Gasteiger partial charge in [-0.2, -0.15) is 0 Å². The molecule has 0 spiro atoms. The Balaban J connectivity index is 4.61. The molecule has 0 saturated carbocycles. The maximum absolute atomic E-state index is 13.1. The maximum atomic E-state index is 13.1. The summed E-state index contributed by atoms with van der Waals surface area (Å²) < 4.78 is 5.82. The first-order valence-corrected chi connectivity index (χ1v) is 25.2. The van der Waals surface area contributed by atoms with Crippen LogP contribution in [-0.2, 0) is 14.3 Å². The molecule has 0 aromatic heterocycles. The third-order valence-corrected chi connectivity index (χ3v) is 11.4. The second-order valence-corrected chi connectivity index (χ2v) is 17.2. The number of aliphatic hydroxyl groups excluding tert-OH is 2. The van der Waals surface area contributed by atoms with E-state index >= 15 is 0 Å². The van der Waals surface area contributed by atoms with Crippen LogP contribution in [0.25, 0.3) is 0 Å². The van der Waals surface area contributed by atoms with E-state index in [0.717, 1.165) is 57.8 Å². The summed E-state index contributed by atoms with van der Waals surface area (Å²) in [6.07, 6.45) is 53.8. The molecular formula is C52H97NO5. The molecule has 0 aliphatic rings. The summed E-state index contributed by atoms with van der Waals surface area (Å²) in [6, 6.07) is -0.731. The fraction of sp³-hybridized carbons (Fsp3) is 0.846. The SMILES string of the molecule is CCCCCCCC/C=C\C/C=C/C(CC(=O)NC(CO)C(O)CCCCCCCCCCCCCC)OC(=O)CCCCCCC/C=C/CCCCCCCCC. The highest BCUT2D eigenvalue weighted by molar-refractivity contribution is 5.78. The van der Waals surface area contributed by atoms with Crippen LogP contribution in [0.4, 0.5) is 0 Å². The molecule has 0 rings (SSSR count). The molecule has 0 aromatic carbocycles. The largest absolute Gasteiger partial charge is 0.458 e. The number of hydrogen-bond donors (Lipinski definition) is 3. The van der Waals surface area contributed by atoms with Crippen LogP contribution in [0.1, 0.15) is 258 Å². The fourth-order valence-corrected chi connectivity index (χ4v) is 7.57. The summed E-state index contributed by atoms with van der Waals surface area (Å²) in [6.45, 7) is 6.44. The van der Waals surface area contributed by atoms with Crippen molar-refractivity contribution >= 4 is 11.9 Å². The quantitative estimate of drug-likeness (QED) is 0.0323. The van der Waals surface area contributed by atoms with Crippen molar-refractivity contribution in [1.82, 2.24) is 5.32 Å². The Labute approximate surface area is 360 Å². The van der Waals surface area contributed by atoms with Gasteiger partial charge in [0.25, 0.3) is 0 Å². The van der Waals surface area contributed by atoms with Crippen LogP contribution in [0.15, 0.2) is 36.5 Å². The van der Waals surface area contributed by atoms with Crippen molar-refractivity contribution in [1.29, 1.82) is 0 Å². The minimum atomic E-state index is -0.809. The molecule has 0 heterocycles. The number of esters is 1. The Morgan fingerprint density at radius 2 is 0.914 bits per heavy atom. The van der Waals surface area contributed by atoms with Gasteiger partial charge in [-0.05, 0) is 63.9 Å². The second kappa shape index (κ2) is 46.2. The monoisotopic (exact) mass is 816 g/mol. The molecule has 0 aliphatic heterocycles. The van der Waals surface area contributed by atoms with E-state index in [0.29, 0.717) is 12.8 Å². The van der Waals surface area contributed by atoms with Gasteiger partial charge in [0.1, 0.15) is 6.10 Å². The van der Waals surface area contributed by atoms with Crippen molar-refractivity contribution in [2.45, 2.75) is 277 Å². The molecule has 3 N–H and O–H groups in total. The number of amides is 1. The summed E-state index contributed by atoms with van der Waals surface area (Å²) in [5.41, 5.74) is 0. The van der Waals surface area contributed by atoms with Gasteiger partial charge in [0.05, 0.1) is 25.2 Å². The van der Waals surface area contributed by atoms with Crippen molar-refractivity contribution < 1.29 is 24.5 Å². The van der Waals surface area contributed by atoms with Gasteiger partial charge in [0.15, 0.2) is 0 Å². The molecule has 6 nitrogen and oxygen atoms in total. The number of carbonyl (C=O) groups is 2. The van der Waals surface area contributed by atoms with E-state index in [4.69, 9.17) is 4.74 Å². The lowest BCUT2D eigenvalue weighted by molar-refractivity contribution is -0.148. The molecule has 3 unspecified atom stereocenters. The third kappa shape index (κ3) is 40.8. The van der Waals surface area contributed by atoms with Crippen molar-refractivity contribution in [3.05, 3.63) is 36.5 Å². The summed E-state index contributed by atoms with van der Waals surface area (Å²) in [4.78, 5) is 26.0. The first kappa shape index (κ1) is 56.1. The smallest absolute Gasteiger partial charge is 0.306 e. The summed E-state index contributed by atoms with van der Waals surface area (Å²) >= 11 is 0. The van der Waals surface area contributed by atoms with Crippen LogP contribution in [0.2, 0.25) is 0 Å². The highest BCUT2D eigenvalue weighted by Gasteiger charge is 2.23. The number of rotatable bonds is 45. The normalized spacial score (nSPS) is 13.5. The van der Waals surface area contributed by atoms with Crippen molar-refractivity contribution in [2.24, 2.45) is 0 Å². The molecule has 1 amide bonds. The van der Waals surface area contributed by atoms with E-state index < -0.39 is 18.2 Å². The number of ether oxygens (including phenoxy) is 1. The standard InChI is InChI=1S/C52H97NO5/c1-4-7-10-13-16-19-22-24-25-26-27-30-33-36-39-42-45-52(57)58-48(43-40-37-34-31-28-21-18-15-12-9-6-3)46-51(56)53-49(47-54)50(55)44-41-38-35-32-29-23-20-17-14-11-8-5-2/h25-26,31,34,40,43,48-50,54-55H,4-24,27-30,32-33,35-39,41-42,44-47H2,1-3H3,(H,53,56)/b26-25+,34-31-,43-40+. The Hall–Kier alpha value is -1.92. The van der Waals surface area contributed by atoms with Crippen LogP contribution in [0.3, 0.4) is 0 Å². The van der Waals surface area contributed by atoms with Crippen LogP contribution >= 0.6 is 0 Å². The summed E-state index contributed by atoms with van der Waals surface area (Å²) in [5.74, 6) is -0.606. The third-order valence-electron chi connectivity index (χ3n) is 11.4. The first-order valence-electron chi connectivity index (χ1n) is 25.2. The lowest BCUT2D eigenvalue weighted by Gasteiger charge is -2.23. The van der Waals surface area contributed by atoms with Gasteiger partial charge in [0, 0.05) is 6.42 Å². The van der Waals surface area contributed by atoms with Crippen LogP contribution in [-0.4, -0.2) is 46.9 Å². The average Bonchev–Trinajstić information content (AvgIpc) is 3.22. The van der Waals surface area contributed by atoms with Crippen LogP contribution in [0.5, 0.6) is 0 Å². The molecule has 0 aromatic rings. The molecule has 0 saturated heterocycles. The number of nitrogens with one attached hydrogen (secondary N) is 1. The van der Waals surface area contributed by atoms with Gasteiger partial charge >= 0.3 is 5.97 Å². The zero-order valence-electron chi connectivity index (χ0n) is 38.7. The van der Waals surface area contributed by atoms with Crippen molar-refractivity contribution in [3.8, 4) is 0 Å². The van der Waals surface area contributed by atoms with Gasteiger partial charge in [0.2, 0.25) is 5.91 Å². The number of allylic oxidation sites excluding steroid dienone is 5. The Bertz CT molecular complexity index is 961. The van der Waals surface area contributed by atoms with Gasteiger partial charge in [-0.3, -0.25) is 9.59 Å². The van der Waals surface area contributed by atoms with E-state index in [1.165, 1.54) is 161 Å². The second-order valence-electron chi connectivity index (χ2n) is 17.2. The number of unbranched alkanes of at least 4 members (excludes halogenated alkanes) is 29. The van der Waals surface area contributed by atoms with Crippen LogP contribution < -0.4 is 5.32 Å². The number of carbonyl (C=O) groups excluding carboxylic acids is 2. The van der Waals surface area contributed by atoms with E-state index in [1.54, 1.807) is 0 Å². The van der Waals surface area contributed by atoms with E-state index in [9.17, 15) is 19.8 Å². The number of aliphatic hydroxyl groups is 2. The lowest BCUT2D eigenvalue weighted by Crippen LogP contribution is -2.46. The van der Waals surface area contributed by atoms with Gasteiger partial charge in [-0.25, -0.2) is 0 Å². The van der Waals surface area contributed by atoms with E-state index in [-0.39, 0.29) is 24.9 Å². The zero-order chi connectivity index (χ0) is 42.4. The summed E-state index contributed by atoms with van der Waals surface area (Å²) in [7, 11) is 0. The lowest BCUT2D eigenvalue weighted by atomic mass is 10.0. The Morgan fingerprint density at radius 3 is 1.36 bits per heavy atom. The van der Waals surface area contributed by atoms with Gasteiger partial charge in [-0.1, -0.05) is 218 Å². The van der Waals surface area contributed by atoms with Crippen molar-refractivity contribution in [3.63, 3.8) is 0 Å². The highest BCUT2D eigenvalue weighted by Crippen LogP contribution is 2.16. The predicted molar refractivity (Wildman–Crippen MR) is 250 cm³/mol. The van der Waals surface area contributed by atoms with E-state index in [2.05, 4.69) is 50.4 Å². The molecule has 0 fully saturated rings. The highest BCUT2D eigenvalue weighted by atomic mass is 16.5. The molecule has 58 heavy (non-hydrogen) atoms. The topological polar surface area (TPSA) is 95.9 Å². The fourth-order valence-electron chi connectivity index (χ4n) is 7.57. The van der Waals surface area contributed by atoms with Crippen molar-refractivity contribution in [2.75, 3.05) is 6.61 Å². The first-order chi connectivity index (χ1) is 28.5. The minimum absolute atomic E-state index is 0.0297. The maximum Gasteiger partial charge on any atom is 0.306 e. The Morgan fingerprint density at radius 1 is 0.517 bits per heavy atom. The predicted octanol–water partition coefficient (Wildman–Crippen LogP) is 14.9. The minimum Gasteiger partial charge on any atom is -0.458 e. The number of hydrogen-bond acceptors (Lipinski definition) is 5. The molecule has 0 bridgehead atoms. The van der Waals surface area contributed by atoms with Gasteiger partial charge in [-0.15, -0.1) is 0 Å². The average molecular weight is 816 g/mol. The van der Waals surface area contributed by atoms with E-state index in [1.807, 2.05) is 12.2 Å². The molecule has 3 atom stereocenters. The zero-order valence-corrected chi connectivity index (χ0v) is 38.7. The molecular weight excluding hydrogens is 719 g/mol. The van der Waals surface area contributed by atoms with Crippen LogP contribution in [0, 0.1) is 0 Å². The molecule has 6 heteroatoms. The van der Waals surface area contributed by atoms with Gasteiger partial charge < -0.3 is 20.3 Å². The Kier molecular flexibility index (Phi) is 44.6. The summed E-state index contributed by atoms with van der Waals surface area (Å²) in [5, 5.41) is 23.6. The molecule has 340 valence electrons. The molecule has 0 radical (unpaired) electrons.